The Bertz CT molecular complexity index is 1270. The second-order valence-electron chi connectivity index (χ2n) is 8.51. The molecule has 2 N–H and O–H groups in total. The van der Waals surface area contributed by atoms with E-state index in [4.69, 9.17) is 9.47 Å². The van der Waals surface area contributed by atoms with Crippen LogP contribution in [0.15, 0.2) is 84.9 Å². The number of carbonyl (C=O) groups excluding carboxylic acids is 4. The van der Waals surface area contributed by atoms with Crippen molar-refractivity contribution >= 4 is 29.6 Å². The molecule has 3 aromatic rings. The van der Waals surface area contributed by atoms with Gasteiger partial charge in [0.05, 0.1) is 20.1 Å². The van der Waals surface area contributed by atoms with E-state index in [0.717, 1.165) is 11.1 Å². The molecular weight excluding hydrogens is 474 g/mol. The number of nitrogens with one attached hydrogen (secondary N) is 2. The zero-order valence-electron chi connectivity index (χ0n) is 20.3. The number of hydrogen-bond acceptors (Lipinski definition) is 6. The Morgan fingerprint density at radius 3 is 2.27 bits per heavy atom. The van der Waals surface area contributed by atoms with E-state index >= 15 is 0 Å². The average molecular weight is 502 g/mol. The van der Waals surface area contributed by atoms with Crippen molar-refractivity contribution < 1.29 is 28.7 Å². The topological polar surface area (TPSA) is 114 Å². The van der Waals surface area contributed by atoms with Gasteiger partial charge in [-0.3, -0.25) is 14.9 Å². The van der Waals surface area contributed by atoms with E-state index in [0.29, 0.717) is 11.3 Å². The minimum atomic E-state index is -1.03. The van der Waals surface area contributed by atoms with Crippen molar-refractivity contribution in [3.8, 4) is 0 Å². The second kappa shape index (κ2) is 11.9. The predicted molar refractivity (Wildman–Crippen MR) is 135 cm³/mol. The maximum absolute atomic E-state index is 12.9. The molecular formula is C28H27N3O6. The van der Waals surface area contributed by atoms with E-state index in [1.54, 1.807) is 24.3 Å². The van der Waals surface area contributed by atoms with Crippen LogP contribution < -0.4 is 10.6 Å². The Hall–Kier alpha value is -4.66. The molecule has 1 fully saturated rings. The molecule has 37 heavy (non-hydrogen) atoms. The number of likely N-dealkylation sites (tertiary alicyclic amines) is 1. The molecule has 1 aliphatic rings. The summed E-state index contributed by atoms with van der Waals surface area (Å²) in [5.74, 6) is -1.30. The first-order valence-electron chi connectivity index (χ1n) is 11.7. The number of ether oxygens (including phenoxy) is 2. The van der Waals surface area contributed by atoms with E-state index in [1.807, 2.05) is 60.7 Å². The van der Waals surface area contributed by atoms with Crippen LogP contribution in [0.25, 0.3) is 0 Å². The van der Waals surface area contributed by atoms with E-state index < -0.39 is 30.1 Å². The van der Waals surface area contributed by atoms with Gasteiger partial charge in [0.1, 0.15) is 12.6 Å². The summed E-state index contributed by atoms with van der Waals surface area (Å²) in [5.41, 5.74) is 2.53. The fraction of sp³-hybridized carbons (Fsp3) is 0.214. The lowest BCUT2D eigenvalue weighted by molar-refractivity contribution is -0.162. The minimum absolute atomic E-state index is 0.108. The van der Waals surface area contributed by atoms with Crippen molar-refractivity contribution in [3.05, 3.63) is 102 Å². The normalized spacial score (nSPS) is 15.2. The Morgan fingerprint density at radius 2 is 1.62 bits per heavy atom. The summed E-state index contributed by atoms with van der Waals surface area (Å²) in [5, 5.41) is 5.35. The monoisotopic (exact) mass is 501 g/mol. The van der Waals surface area contributed by atoms with Crippen LogP contribution in [0.2, 0.25) is 0 Å². The van der Waals surface area contributed by atoms with Gasteiger partial charge in [0.15, 0.2) is 6.04 Å². The smallest absolute Gasteiger partial charge is 0.411 e. The number of rotatable bonds is 9. The van der Waals surface area contributed by atoms with Crippen molar-refractivity contribution in [1.29, 1.82) is 0 Å². The van der Waals surface area contributed by atoms with Crippen LogP contribution in [0, 0.1) is 0 Å². The summed E-state index contributed by atoms with van der Waals surface area (Å²) in [6, 6.07) is 23.3. The van der Waals surface area contributed by atoms with Gasteiger partial charge in [-0.1, -0.05) is 72.8 Å². The molecule has 190 valence electrons. The second-order valence-corrected chi connectivity index (χ2v) is 8.51. The van der Waals surface area contributed by atoms with Gasteiger partial charge < -0.3 is 19.7 Å². The number of esters is 1. The molecule has 2 unspecified atom stereocenters. The first kappa shape index (κ1) is 25.4. The largest absolute Gasteiger partial charge is 0.467 e. The summed E-state index contributed by atoms with van der Waals surface area (Å²) in [7, 11) is 1.24. The molecule has 4 rings (SSSR count). The molecule has 9 heteroatoms. The number of amides is 3. The Balaban J connectivity index is 1.38. The molecule has 1 heterocycles. The Kier molecular flexibility index (Phi) is 8.15. The predicted octanol–water partition coefficient (Wildman–Crippen LogP) is 3.22. The molecule has 3 aromatic carbocycles. The van der Waals surface area contributed by atoms with Crippen LogP contribution >= 0.6 is 0 Å². The van der Waals surface area contributed by atoms with Gasteiger partial charge in [0.25, 0.3) is 0 Å². The summed E-state index contributed by atoms with van der Waals surface area (Å²) in [6.07, 6.45) is -0.504. The lowest BCUT2D eigenvalue weighted by Gasteiger charge is -2.42. The van der Waals surface area contributed by atoms with E-state index in [-0.39, 0.29) is 25.5 Å². The number of β-lactam (4-membered cyclic amide) rings is 1. The van der Waals surface area contributed by atoms with Crippen LogP contribution in [-0.2, 0) is 36.9 Å². The molecule has 9 nitrogen and oxygen atoms in total. The number of anilines is 1. The molecule has 0 aliphatic carbocycles. The van der Waals surface area contributed by atoms with Gasteiger partial charge >= 0.3 is 12.1 Å². The fourth-order valence-corrected chi connectivity index (χ4v) is 4.04. The zero-order chi connectivity index (χ0) is 26.2. The van der Waals surface area contributed by atoms with Crippen LogP contribution in [0.4, 0.5) is 10.5 Å². The lowest BCUT2D eigenvalue weighted by atomic mass is 9.97. The molecule has 0 bridgehead atoms. The zero-order valence-corrected chi connectivity index (χ0v) is 20.3. The number of benzene rings is 3. The number of methoxy groups -OCH3 is 1. The number of hydrogen-bond donors (Lipinski definition) is 2. The maximum Gasteiger partial charge on any atom is 0.411 e. The van der Waals surface area contributed by atoms with Gasteiger partial charge in [-0.15, -0.1) is 0 Å². The molecule has 3 amide bonds. The fourth-order valence-electron chi connectivity index (χ4n) is 4.04. The Morgan fingerprint density at radius 1 is 0.946 bits per heavy atom. The summed E-state index contributed by atoms with van der Waals surface area (Å²) < 4.78 is 10.2. The van der Waals surface area contributed by atoms with Gasteiger partial charge in [0, 0.05) is 5.69 Å². The minimum Gasteiger partial charge on any atom is -0.467 e. The van der Waals surface area contributed by atoms with Gasteiger partial charge in [0.2, 0.25) is 11.8 Å². The highest BCUT2D eigenvalue weighted by atomic mass is 16.5. The molecule has 1 aliphatic heterocycles. The average Bonchev–Trinajstić information content (AvgIpc) is 2.92. The van der Waals surface area contributed by atoms with Crippen LogP contribution in [0.3, 0.4) is 0 Å². The standard InChI is InChI=1S/C28H27N3O6/c1-36-27(34)25(31-17-23(26(31)33)30-24(32)15-19-9-4-2-5-10-19)21-13-8-14-22(16-21)29-28(35)37-18-20-11-6-3-7-12-20/h2-14,16,23,25H,15,17-18H2,1H3,(H,29,35)(H,30,32). The first-order valence-corrected chi connectivity index (χ1v) is 11.7. The van der Waals surface area contributed by atoms with Crippen molar-refractivity contribution in [3.63, 3.8) is 0 Å². The molecule has 0 spiro atoms. The van der Waals surface area contributed by atoms with Crippen LogP contribution in [0.1, 0.15) is 22.7 Å². The molecule has 0 aromatic heterocycles. The third-order valence-corrected chi connectivity index (χ3v) is 5.90. The molecule has 0 saturated carbocycles. The third kappa shape index (κ3) is 6.52. The molecule has 1 saturated heterocycles. The number of carbonyl (C=O) groups is 4. The van der Waals surface area contributed by atoms with Crippen molar-refractivity contribution in [2.45, 2.75) is 25.1 Å². The molecule has 2 atom stereocenters. The van der Waals surface area contributed by atoms with Gasteiger partial charge in [-0.25, -0.2) is 9.59 Å². The van der Waals surface area contributed by atoms with Crippen molar-refractivity contribution in [2.24, 2.45) is 0 Å². The highest BCUT2D eigenvalue weighted by Gasteiger charge is 2.45. The number of nitrogens with zero attached hydrogens (tertiary/aromatic N) is 1. The van der Waals surface area contributed by atoms with Crippen molar-refractivity contribution in [1.82, 2.24) is 10.2 Å². The van der Waals surface area contributed by atoms with Gasteiger partial charge in [-0.05, 0) is 28.8 Å². The Labute approximate surface area is 214 Å². The lowest BCUT2D eigenvalue weighted by Crippen LogP contribution is -2.65. The summed E-state index contributed by atoms with van der Waals surface area (Å²) in [6.45, 7) is 0.257. The van der Waals surface area contributed by atoms with Crippen molar-refractivity contribution in [2.75, 3.05) is 19.0 Å². The van der Waals surface area contributed by atoms with E-state index in [2.05, 4.69) is 10.6 Å². The van der Waals surface area contributed by atoms with E-state index in [9.17, 15) is 19.2 Å². The SMILES string of the molecule is COC(=O)C(c1cccc(NC(=O)OCc2ccccc2)c1)N1CC(NC(=O)Cc2ccccc2)C1=O. The van der Waals surface area contributed by atoms with Crippen LogP contribution in [0.5, 0.6) is 0 Å². The maximum atomic E-state index is 12.9. The highest BCUT2D eigenvalue weighted by Crippen LogP contribution is 2.30. The highest BCUT2D eigenvalue weighted by molar-refractivity contribution is 5.96. The van der Waals surface area contributed by atoms with Crippen LogP contribution in [-0.4, -0.2) is 48.5 Å². The summed E-state index contributed by atoms with van der Waals surface area (Å²) in [4.78, 5) is 51.5. The summed E-state index contributed by atoms with van der Waals surface area (Å²) >= 11 is 0. The quantitative estimate of drug-likeness (QED) is 0.344. The van der Waals surface area contributed by atoms with E-state index in [1.165, 1.54) is 12.0 Å². The first-order chi connectivity index (χ1) is 17.9. The third-order valence-electron chi connectivity index (χ3n) is 5.90. The van der Waals surface area contributed by atoms with Gasteiger partial charge in [-0.2, -0.15) is 0 Å². The molecule has 0 radical (unpaired) electrons.